The van der Waals surface area contributed by atoms with E-state index in [0.29, 0.717) is 18.5 Å². The first-order valence-electron chi connectivity index (χ1n) is 11.0. The molecular formula is C23H30N2O7. The lowest BCUT2D eigenvalue weighted by Crippen LogP contribution is -2.30. The molecule has 0 aromatic heterocycles. The first-order chi connectivity index (χ1) is 15.4. The van der Waals surface area contributed by atoms with Gasteiger partial charge in [-0.05, 0) is 30.5 Å². The van der Waals surface area contributed by atoms with Crippen molar-refractivity contribution in [2.24, 2.45) is 0 Å². The second-order valence-corrected chi connectivity index (χ2v) is 7.78. The maximum Gasteiger partial charge on any atom is 0.306 e. The maximum atomic E-state index is 11.9. The second kappa shape index (κ2) is 13.4. The standard InChI is InChI=1S/C23H30N2O7/c26-16-19-15-18(10-11-20(19)25(30)31)17-32-23(29)9-7-5-3-1-2-4-6-8-14-24-21(27)12-13-22(24)28/h10-13,15,26H,1-9,14,16-17H2. The second-order valence-electron chi connectivity index (χ2n) is 7.78. The Morgan fingerprint density at radius 1 is 0.969 bits per heavy atom. The third-order valence-electron chi connectivity index (χ3n) is 5.32. The number of imide groups is 1. The fourth-order valence-corrected chi connectivity index (χ4v) is 3.52. The van der Waals surface area contributed by atoms with Crippen molar-refractivity contribution in [3.63, 3.8) is 0 Å². The van der Waals surface area contributed by atoms with Crippen molar-refractivity contribution in [2.45, 2.75) is 71.0 Å². The number of nitro groups is 1. The molecule has 1 aliphatic rings. The van der Waals surface area contributed by atoms with E-state index < -0.39 is 11.5 Å². The molecule has 32 heavy (non-hydrogen) atoms. The molecule has 1 N–H and O–H groups in total. The number of benzene rings is 1. The van der Waals surface area contributed by atoms with Crippen LogP contribution in [0.25, 0.3) is 0 Å². The maximum absolute atomic E-state index is 11.9. The monoisotopic (exact) mass is 446 g/mol. The van der Waals surface area contributed by atoms with E-state index in [1.165, 1.54) is 35.3 Å². The van der Waals surface area contributed by atoms with Gasteiger partial charge in [0.1, 0.15) is 6.61 Å². The minimum Gasteiger partial charge on any atom is -0.461 e. The molecule has 0 saturated carbocycles. The molecular weight excluding hydrogens is 416 g/mol. The number of rotatable bonds is 15. The van der Waals surface area contributed by atoms with Gasteiger partial charge in [-0.1, -0.05) is 38.5 Å². The molecule has 0 aliphatic carbocycles. The molecule has 0 saturated heterocycles. The average Bonchev–Trinajstić information content (AvgIpc) is 3.10. The van der Waals surface area contributed by atoms with Crippen molar-refractivity contribution in [2.75, 3.05) is 6.54 Å². The zero-order valence-corrected chi connectivity index (χ0v) is 18.2. The summed E-state index contributed by atoms with van der Waals surface area (Å²) in [6, 6.07) is 4.29. The lowest BCUT2D eigenvalue weighted by atomic mass is 10.1. The Labute approximate surface area is 187 Å². The Bertz CT molecular complexity index is 833. The Hall–Kier alpha value is -3.07. The van der Waals surface area contributed by atoms with E-state index in [0.717, 1.165) is 51.4 Å². The summed E-state index contributed by atoms with van der Waals surface area (Å²) in [5.41, 5.74) is 0.637. The molecule has 0 radical (unpaired) electrons. The van der Waals surface area contributed by atoms with Gasteiger partial charge in [0.2, 0.25) is 0 Å². The van der Waals surface area contributed by atoms with E-state index >= 15 is 0 Å². The molecule has 0 fully saturated rings. The van der Waals surface area contributed by atoms with Gasteiger partial charge in [-0.15, -0.1) is 0 Å². The molecule has 0 bridgehead atoms. The summed E-state index contributed by atoms with van der Waals surface area (Å²) in [4.78, 5) is 46.3. The van der Waals surface area contributed by atoms with Crippen molar-refractivity contribution in [1.29, 1.82) is 0 Å². The number of carbonyl (C=O) groups excluding carboxylic acids is 3. The predicted molar refractivity (Wildman–Crippen MR) is 116 cm³/mol. The van der Waals surface area contributed by atoms with Crippen LogP contribution in [0.2, 0.25) is 0 Å². The quantitative estimate of drug-likeness (QED) is 0.143. The van der Waals surface area contributed by atoms with Crippen LogP contribution in [0.3, 0.4) is 0 Å². The van der Waals surface area contributed by atoms with Gasteiger partial charge in [0.15, 0.2) is 0 Å². The molecule has 9 nitrogen and oxygen atoms in total. The molecule has 1 aliphatic heterocycles. The van der Waals surface area contributed by atoms with Gasteiger partial charge >= 0.3 is 5.97 Å². The molecule has 0 atom stereocenters. The summed E-state index contributed by atoms with van der Waals surface area (Å²) in [6.07, 6.45) is 10.6. The molecule has 0 spiro atoms. The van der Waals surface area contributed by atoms with Gasteiger partial charge in [0.25, 0.3) is 17.5 Å². The highest BCUT2D eigenvalue weighted by molar-refractivity contribution is 6.12. The van der Waals surface area contributed by atoms with Crippen LogP contribution in [0.15, 0.2) is 30.4 Å². The summed E-state index contributed by atoms with van der Waals surface area (Å²) in [5, 5.41) is 20.1. The summed E-state index contributed by atoms with van der Waals surface area (Å²) in [5.74, 6) is -0.762. The largest absolute Gasteiger partial charge is 0.461 e. The van der Waals surface area contributed by atoms with Gasteiger partial charge < -0.3 is 9.84 Å². The number of esters is 1. The average molecular weight is 447 g/mol. The predicted octanol–water partition coefficient (Wildman–Crippen LogP) is 3.57. The molecule has 9 heteroatoms. The summed E-state index contributed by atoms with van der Waals surface area (Å²) in [7, 11) is 0. The first-order valence-corrected chi connectivity index (χ1v) is 11.0. The van der Waals surface area contributed by atoms with E-state index in [1.807, 2.05) is 0 Å². The highest BCUT2D eigenvalue weighted by atomic mass is 16.6. The SMILES string of the molecule is O=C(CCCCCCCCCCN1C(=O)C=CC1=O)OCc1ccc([N+](=O)[O-])c(CO)c1. The number of aliphatic hydroxyl groups is 1. The zero-order valence-electron chi connectivity index (χ0n) is 18.2. The van der Waals surface area contributed by atoms with Crippen LogP contribution in [0.5, 0.6) is 0 Å². The highest BCUT2D eigenvalue weighted by Crippen LogP contribution is 2.20. The van der Waals surface area contributed by atoms with Crippen molar-refractivity contribution in [1.82, 2.24) is 4.90 Å². The Morgan fingerprint density at radius 3 is 2.16 bits per heavy atom. The van der Waals surface area contributed by atoms with Crippen LogP contribution < -0.4 is 0 Å². The van der Waals surface area contributed by atoms with Crippen molar-refractivity contribution >= 4 is 23.5 Å². The molecule has 1 aromatic rings. The number of carbonyl (C=O) groups is 3. The number of amides is 2. The normalized spacial score (nSPS) is 13.1. The number of hydrogen-bond donors (Lipinski definition) is 1. The van der Waals surface area contributed by atoms with E-state index in [9.17, 15) is 29.6 Å². The van der Waals surface area contributed by atoms with E-state index in [2.05, 4.69) is 0 Å². The van der Waals surface area contributed by atoms with E-state index in [4.69, 9.17) is 4.74 Å². The number of unbranched alkanes of at least 4 members (excludes halogenated alkanes) is 7. The van der Waals surface area contributed by atoms with Gasteiger partial charge in [0.05, 0.1) is 17.1 Å². The fourth-order valence-electron chi connectivity index (χ4n) is 3.52. The first kappa shape index (κ1) is 25.2. The van der Waals surface area contributed by atoms with Crippen LogP contribution in [-0.4, -0.2) is 39.3 Å². The third-order valence-corrected chi connectivity index (χ3v) is 5.32. The van der Waals surface area contributed by atoms with E-state index in [1.54, 1.807) is 0 Å². The third kappa shape index (κ3) is 8.22. The summed E-state index contributed by atoms with van der Waals surface area (Å²) in [6.45, 7) is 0.0514. The molecule has 2 rings (SSSR count). The van der Waals surface area contributed by atoms with Crippen molar-refractivity contribution in [3.8, 4) is 0 Å². The highest BCUT2D eigenvalue weighted by Gasteiger charge is 2.22. The molecule has 1 heterocycles. The van der Waals surface area contributed by atoms with Gasteiger partial charge in [-0.2, -0.15) is 0 Å². The minimum absolute atomic E-state index is 0.0223. The molecule has 174 valence electrons. The number of nitrogens with zero attached hydrogens (tertiary/aromatic N) is 2. The van der Waals surface area contributed by atoms with Crippen LogP contribution in [-0.2, 0) is 32.3 Å². The van der Waals surface area contributed by atoms with Crippen LogP contribution in [0, 0.1) is 10.1 Å². The summed E-state index contributed by atoms with van der Waals surface area (Å²) >= 11 is 0. The van der Waals surface area contributed by atoms with Crippen molar-refractivity contribution < 1.29 is 29.2 Å². The number of hydrogen-bond acceptors (Lipinski definition) is 7. The lowest BCUT2D eigenvalue weighted by Gasteiger charge is -2.12. The Balaban J connectivity index is 1.47. The minimum atomic E-state index is -0.558. The van der Waals surface area contributed by atoms with Crippen LogP contribution in [0.4, 0.5) is 5.69 Å². The Kier molecular flexibility index (Phi) is 10.5. The number of ether oxygens (including phenoxy) is 1. The zero-order chi connectivity index (χ0) is 23.3. The molecule has 0 unspecified atom stereocenters. The van der Waals surface area contributed by atoms with Gasteiger partial charge in [0, 0.05) is 31.2 Å². The summed E-state index contributed by atoms with van der Waals surface area (Å²) < 4.78 is 5.21. The molecule has 1 aromatic carbocycles. The smallest absolute Gasteiger partial charge is 0.306 e. The van der Waals surface area contributed by atoms with Crippen molar-refractivity contribution in [3.05, 3.63) is 51.6 Å². The van der Waals surface area contributed by atoms with Gasteiger partial charge in [-0.25, -0.2) is 0 Å². The topological polar surface area (TPSA) is 127 Å². The number of nitro benzene ring substituents is 1. The Morgan fingerprint density at radius 2 is 1.56 bits per heavy atom. The lowest BCUT2D eigenvalue weighted by molar-refractivity contribution is -0.385. The molecule has 2 amide bonds. The van der Waals surface area contributed by atoms with E-state index in [-0.39, 0.29) is 35.6 Å². The number of aliphatic hydroxyl groups excluding tert-OH is 1. The van der Waals surface area contributed by atoms with Crippen LogP contribution >= 0.6 is 0 Å². The fraction of sp³-hybridized carbons (Fsp3) is 0.522. The van der Waals surface area contributed by atoms with Crippen LogP contribution in [0.1, 0.15) is 68.9 Å². The van der Waals surface area contributed by atoms with Gasteiger partial charge in [-0.3, -0.25) is 29.4 Å².